The minimum Gasteiger partial charge on any atom is -0.384 e. The lowest BCUT2D eigenvalue weighted by molar-refractivity contribution is 0.0941. The average Bonchev–Trinajstić information content (AvgIpc) is 2.64. The van der Waals surface area contributed by atoms with Gasteiger partial charge < -0.3 is 5.73 Å². The zero-order chi connectivity index (χ0) is 21.0. The highest BCUT2D eigenvalue weighted by molar-refractivity contribution is 6.01. The molecule has 1 aromatic carbocycles. The Morgan fingerprint density at radius 2 is 1.79 bits per heavy atom. The molecule has 2 rings (SSSR count). The lowest BCUT2D eigenvalue weighted by Gasteiger charge is -2.18. The predicted octanol–water partition coefficient (Wildman–Crippen LogP) is 1.98. The third kappa shape index (κ3) is 4.59. The molecule has 0 atom stereocenters. The van der Waals surface area contributed by atoms with Crippen LogP contribution in [0, 0.1) is 0 Å². The molecule has 0 spiro atoms. The Bertz CT molecular complexity index is 955. The van der Waals surface area contributed by atoms with E-state index >= 15 is 0 Å². The van der Waals surface area contributed by atoms with Gasteiger partial charge in [0.1, 0.15) is 11.4 Å². The topological polar surface area (TPSA) is 90.3 Å². The molecule has 28 heavy (non-hydrogen) atoms. The summed E-state index contributed by atoms with van der Waals surface area (Å²) >= 11 is 0. The molecule has 0 radical (unpaired) electrons. The van der Waals surface area contributed by atoms with Gasteiger partial charge in [-0.3, -0.25) is 23.6 Å². The van der Waals surface area contributed by atoms with Crippen molar-refractivity contribution in [1.82, 2.24) is 14.0 Å². The van der Waals surface area contributed by atoms with Crippen LogP contribution >= 0.6 is 0 Å². The second kappa shape index (κ2) is 9.01. The van der Waals surface area contributed by atoms with Crippen molar-refractivity contribution >= 4 is 11.6 Å². The molecular weight excluding hydrogens is 356 g/mol. The van der Waals surface area contributed by atoms with Crippen LogP contribution in [-0.2, 0) is 20.1 Å². The summed E-state index contributed by atoms with van der Waals surface area (Å²) in [5, 5.41) is 0. The van der Waals surface area contributed by atoms with Gasteiger partial charge in [-0.05, 0) is 30.5 Å². The molecule has 1 aromatic heterocycles. The highest BCUT2D eigenvalue weighted by Crippen LogP contribution is 2.15. The number of likely N-dealkylation sites (N-methyl/N-ethyl adjacent to an activating group) is 1. The van der Waals surface area contributed by atoms with Gasteiger partial charge in [0.2, 0.25) is 0 Å². The van der Waals surface area contributed by atoms with E-state index in [9.17, 15) is 14.4 Å². The number of anilines is 1. The van der Waals surface area contributed by atoms with Crippen LogP contribution in [0.3, 0.4) is 0 Å². The smallest absolute Gasteiger partial charge is 0.332 e. The van der Waals surface area contributed by atoms with Gasteiger partial charge in [0.25, 0.3) is 5.56 Å². The molecule has 0 aliphatic heterocycles. The van der Waals surface area contributed by atoms with Crippen LogP contribution in [0.1, 0.15) is 54.6 Å². The van der Waals surface area contributed by atoms with Crippen molar-refractivity contribution < 1.29 is 4.79 Å². The van der Waals surface area contributed by atoms with Crippen molar-refractivity contribution in [3.05, 3.63) is 61.8 Å². The van der Waals surface area contributed by atoms with Crippen LogP contribution in [0.5, 0.6) is 0 Å². The van der Waals surface area contributed by atoms with Gasteiger partial charge in [-0.2, -0.15) is 0 Å². The maximum Gasteiger partial charge on any atom is 0.332 e. The molecule has 7 nitrogen and oxygen atoms in total. The highest BCUT2D eigenvalue weighted by Gasteiger charge is 2.22. The van der Waals surface area contributed by atoms with E-state index in [-0.39, 0.29) is 23.7 Å². The van der Waals surface area contributed by atoms with E-state index < -0.39 is 11.2 Å². The molecule has 152 valence electrons. The molecule has 0 saturated heterocycles. The Balaban J connectivity index is 2.22. The van der Waals surface area contributed by atoms with Crippen molar-refractivity contribution in [2.75, 3.05) is 19.3 Å². The molecule has 1 heterocycles. The summed E-state index contributed by atoms with van der Waals surface area (Å²) in [4.78, 5) is 39.4. The van der Waals surface area contributed by atoms with E-state index in [0.717, 1.165) is 10.1 Å². The fourth-order valence-corrected chi connectivity index (χ4v) is 3.18. The first-order valence-electron chi connectivity index (χ1n) is 9.57. The first kappa shape index (κ1) is 21.6. The van der Waals surface area contributed by atoms with Gasteiger partial charge in [-0.15, -0.1) is 0 Å². The van der Waals surface area contributed by atoms with Gasteiger partial charge in [0.05, 0.1) is 6.54 Å². The summed E-state index contributed by atoms with van der Waals surface area (Å²) in [6.07, 6.45) is 0.669. The van der Waals surface area contributed by atoms with E-state index in [1.165, 1.54) is 17.2 Å². The number of nitrogen functional groups attached to an aromatic ring is 1. The zero-order valence-corrected chi connectivity index (χ0v) is 17.4. The summed E-state index contributed by atoms with van der Waals surface area (Å²) in [5.74, 6) is 0.0326. The monoisotopic (exact) mass is 386 g/mol. The van der Waals surface area contributed by atoms with Crippen molar-refractivity contribution in [1.29, 1.82) is 0 Å². The third-order valence-electron chi connectivity index (χ3n) is 4.82. The van der Waals surface area contributed by atoms with E-state index in [4.69, 9.17) is 5.73 Å². The lowest BCUT2D eigenvalue weighted by Crippen LogP contribution is -2.43. The maximum absolute atomic E-state index is 12.8. The number of rotatable bonds is 8. The standard InChI is InChI=1S/C21H30N4O3/c1-6-11-25-19(22)18(20(27)24(5)21(25)28)17(26)13-23(4)12-15-7-9-16(10-8-15)14(2)3/h7-10,14H,6,11-13,22H2,1-5H3. The minimum atomic E-state index is -0.644. The SMILES string of the molecule is CCCn1c(N)c(C(=O)CN(C)Cc2ccc(C(C)C)cc2)c(=O)n(C)c1=O. The van der Waals surface area contributed by atoms with E-state index in [1.807, 2.05) is 31.0 Å². The Morgan fingerprint density at radius 3 is 2.32 bits per heavy atom. The van der Waals surface area contributed by atoms with E-state index in [2.05, 4.69) is 26.0 Å². The Hall–Kier alpha value is -2.67. The van der Waals surface area contributed by atoms with Gasteiger partial charge >= 0.3 is 5.69 Å². The second-order valence-electron chi connectivity index (χ2n) is 7.55. The van der Waals surface area contributed by atoms with Crippen LogP contribution in [0.4, 0.5) is 5.82 Å². The van der Waals surface area contributed by atoms with E-state index in [0.29, 0.717) is 25.4 Å². The molecule has 7 heteroatoms. The fourth-order valence-electron chi connectivity index (χ4n) is 3.18. The number of hydrogen-bond donors (Lipinski definition) is 1. The predicted molar refractivity (Wildman–Crippen MR) is 112 cm³/mol. The van der Waals surface area contributed by atoms with Crippen LogP contribution in [0.15, 0.2) is 33.9 Å². The molecule has 2 N–H and O–H groups in total. The fraction of sp³-hybridized carbons (Fsp3) is 0.476. The highest BCUT2D eigenvalue weighted by atomic mass is 16.2. The summed E-state index contributed by atoms with van der Waals surface area (Å²) < 4.78 is 2.24. The number of nitrogens with zero attached hydrogens (tertiary/aromatic N) is 3. The van der Waals surface area contributed by atoms with Crippen molar-refractivity contribution in [2.24, 2.45) is 7.05 Å². The molecule has 0 bridgehead atoms. The quantitative estimate of drug-likeness (QED) is 0.701. The van der Waals surface area contributed by atoms with Crippen LogP contribution in [-0.4, -0.2) is 33.4 Å². The molecule has 0 unspecified atom stereocenters. The largest absolute Gasteiger partial charge is 0.384 e. The number of Topliss-reactive ketones (excluding diaryl/α,β-unsaturated/α-hetero) is 1. The Kier molecular flexibility index (Phi) is 6.96. The normalized spacial score (nSPS) is 11.4. The van der Waals surface area contributed by atoms with Crippen LogP contribution in [0.25, 0.3) is 0 Å². The molecule has 2 aromatic rings. The maximum atomic E-state index is 12.8. The molecular formula is C21H30N4O3. The number of benzene rings is 1. The lowest BCUT2D eigenvalue weighted by atomic mass is 10.0. The number of carbonyl (C=O) groups is 1. The molecule has 0 aliphatic carbocycles. The van der Waals surface area contributed by atoms with Crippen LogP contribution < -0.4 is 17.0 Å². The molecule has 0 saturated carbocycles. The van der Waals surface area contributed by atoms with Gasteiger partial charge in [-0.25, -0.2) is 4.79 Å². The molecule has 0 amide bonds. The molecule has 0 aliphatic rings. The van der Waals surface area contributed by atoms with E-state index in [1.54, 1.807) is 0 Å². The second-order valence-corrected chi connectivity index (χ2v) is 7.55. The summed E-state index contributed by atoms with van der Waals surface area (Å²) in [7, 11) is 3.18. The Morgan fingerprint density at radius 1 is 1.18 bits per heavy atom. The van der Waals surface area contributed by atoms with Crippen molar-refractivity contribution in [3.8, 4) is 0 Å². The minimum absolute atomic E-state index is 0.0374. The summed E-state index contributed by atoms with van der Waals surface area (Å²) in [5.41, 5.74) is 7.11. The number of aromatic nitrogens is 2. The van der Waals surface area contributed by atoms with Crippen molar-refractivity contribution in [3.63, 3.8) is 0 Å². The Labute approximate surface area is 165 Å². The van der Waals surface area contributed by atoms with Crippen molar-refractivity contribution in [2.45, 2.75) is 46.2 Å². The third-order valence-corrected chi connectivity index (χ3v) is 4.82. The van der Waals surface area contributed by atoms with Gasteiger partial charge in [0, 0.05) is 20.1 Å². The number of carbonyl (C=O) groups excluding carboxylic acids is 1. The first-order chi connectivity index (χ1) is 13.2. The van der Waals surface area contributed by atoms with Gasteiger partial charge in [-0.1, -0.05) is 45.0 Å². The number of ketones is 1. The van der Waals surface area contributed by atoms with Crippen LogP contribution in [0.2, 0.25) is 0 Å². The zero-order valence-electron chi connectivity index (χ0n) is 17.4. The average molecular weight is 386 g/mol. The first-order valence-corrected chi connectivity index (χ1v) is 9.57. The summed E-state index contributed by atoms with van der Waals surface area (Å²) in [6, 6.07) is 8.27. The molecule has 0 fully saturated rings. The van der Waals surface area contributed by atoms with Gasteiger partial charge in [0.15, 0.2) is 5.78 Å². The number of nitrogens with two attached hydrogens (primary N) is 1. The number of hydrogen-bond acceptors (Lipinski definition) is 5. The summed E-state index contributed by atoms with van der Waals surface area (Å²) in [6.45, 7) is 7.15.